The Balaban J connectivity index is 3.01. The van der Waals surface area contributed by atoms with E-state index in [1.54, 1.807) is 6.07 Å². The molecule has 1 aromatic rings. The van der Waals surface area contributed by atoms with Gasteiger partial charge in [-0.1, -0.05) is 12.1 Å². The predicted octanol–water partition coefficient (Wildman–Crippen LogP) is 2.71. The lowest BCUT2D eigenvalue weighted by atomic mass is 10.1. The van der Waals surface area contributed by atoms with Gasteiger partial charge in [-0.05, 0) is 12.1 Å². The molecule has 0 unspecified atom stereocenters. The largest absolute Gasteiger partial charge is 0.497 e. The Bertz CT molecular complexity index is 357. The van der Waals surface area contributed by atoms with Crippen molar-refractivity contribution >= 4 is 0 Å². The second-order valence-electron chi connectivity index (χ2n) is 2.75. The molecule has 0 atom stereocenters. The van der Waals surface area contributed by atoms with Crippen molar-refractivity contribution in [1.82, 2.24) is 0 Å². The van der Waals surface area contributed by atoms with Crippen LogP contribution in [0, 0.1) is 6.57 Å². The average Bonchev–Trinajstić information content (AvgIpc) is 2.18. The molecule has 0 fully saturated rings. The lowest BCUT2D eigenvalue weighted by molar-refractivity contribution is 0.0139. The van der Waals surface area contributed by atoms with E-state index < -0.39 is 12.5 Å². The van der Waals surface area contributed by atoms with Crippen LogP contribution in [0.15, 0.2) is 24.3 Å². The monoisotopic (exact) mass is 197 g/mol. The Labute approximate surface area is 80.9 Å². The summed E-state index contributed by atoms with van der Waals surface area (Å²) in [6.07, 6.45) is 0. The summed E-state index contributed by atoms with van der Waals surface area (Å²) in [6.45, 7) is 5.59. The Morgan fingerprint density at radius 3 is 2.79 bits per heavy atom. The Morgan fingerprint density at radius 2 is 2.21 bits per heavy atom. The van der Waals surface area contributed by atoms with Crippen LogP contribution in [0.5, 0.6) is 5.75 Å². The molecule has 2 nitrogen and oxygen atoms in total. The third-order valence-corrected chi connectivity index (χ3v) is 1.77. The molecule has 0 radical (unpaired) electrons. The Kier molecular flexibility index (Phi) is 3.03. The van der Waals surface area contributed by atoms with Crippen LogP contribution >= 0.6 is 0 Å². The number of nitrogens with zero attached hydrogens (tertiary/aromatic N) is 1. The second-order valence-corrected chi connectivity index (χ2v) is 2.75. The van der Waals surface area contributed by atoms with Crippen LogP contribution in [0.2, 0.25) is 0 Å². The Hall–Kier alpha value is -1.63. The van der Waals surface area contributed by atoms with Crippen molar-refractivity contribution in [1.29, 1.82) is 0 Å². The summed E-state index contributed by atoms with van der Waals surface area (Å²) in [4.78, 5) is 2.70. The van der Waals surface area contributed by atoms with Crippen molar-refractivity contribution in [3.63, 3.8) is 0 Å². The molecule has 0 amide bonds. The summed E-state index contributed by atoms with van der Waals surface area (Å²) in [5, 5.41) is 0. The van der Waals surface area contributed by atoms with E-state index in [0.717, 1.165) is 0 Å². The lowest BCUT2D eigenvalue weighted by Gasteiger charge is -2.11. The second kappa shape index (κ2) is 4.05. The van der Waals surface area contributed by atoms with Crippen LogP contribution in [0.3, 0.4) is 0 Å². The highest BCUT2D eigenvalue weighted by atomic mass is 19.3. The zero-order valence-electron chi connectivity index (χ0n) is 7.63. The first-order valence-corrected chi connectivity index (χ1v) is 3.96. The molecule has 0 aliphatic carbocycles. The van der Waals surface area contributed by atoms with E-state index in [4.69, 9.17) is 11.3 Å². The number of alkyl halides is 2. The van der Waals surface area contributed by atoms with Crippen LogP contribution in [-0.4, -0.2) is 13.7 Å². The smallest absolute Gasteiger partial charge is 0.343 e. The van der Waals surface area contributed by atoms with E-state index in [-0.39, 0.29) is 5.56 Å². The first kappa shape index (κ1) is 10.5. The standard InChI is InChI=1S/C10H9F2NO/c1-13-7-10(11,12)8-4-3-5-9(6-8)14-2/h3-6H,7H2,2H3. The molecule has 0 saturated heterocycles. The number of methoxy groups -OCH3 is 1. The topological polar surface area (TPSA) is 13.6 Å². The average molecular weight is 197 g/mol. The number of halogens is 2. The van der Waals surface area contributed by atoms with Crippen molar-refractivity contribution < 1.29 is 13.5 Å². The number of benzene rings is 1. The van der Waals surface area contributed by atoms with Crippen LogP contribution in [0.25, 0.3) is 4.85 Å². The molecule has 74 valence electrons. The fraction of sp³-hybridized carbons (Fsp3) is 0.300. The fourth-order valence-electron chi connectivity index (χ4n) is 1.04. The van der Waals surface area contributed by atoms with Crippen molar-refractivity contribution in [3.05, 3.63) is 41.2 Å². The molecule has 0 aromatic heterocycles. The van der Waals surface area contributed by atoms with E-state index in [9.17, 15) is 8.78 Å². The van der Waals surface area contributed by atoms with Gasteiger partial charge in [0.25, 0.3) is 6.54 Å². The number of hydrogen-bond donors (Lipinski definition) is 0. The maximum Gasteiger partial charge on any atom is 0.343 e. The van der Waals surface area contributed by atoms with Crippen LogP contribution in [0.4, 0.5) is 8.78 Å². The zero-order chi connectivity index (χ0) is 10.6. The van der Waals surface area contributed by atoms with Gasteiger partial charge in [0.15, 0.2) is 0 Å². The van der Waals surface area contributed by atoms with Gasteiger partial charge in [0.1, 0.15) is 5.75 Å². The Morgan fingerprint density at radius 1 is 1.50 bits per heavy atom. The highest BCUT2D eigenvalue weighted by Gasteiger charge is 2.35. The molecule has 0 spiro atoms. The van der Waals surface area contributed by atoms with Crippen molar-refractivity contribution in [2.24, 2.45) is 0 Å². The summed E-state index contributed by atoms with van der Waals surface area (Å²) in [6, 6.07) is 5.59. The van der Waals surface area contributed by atoms with Gasteiger partial charge in [-0.2, -0.15) is 8.78 Å². The van der Waals surface area contributed by atoms with E-state index in [1.165, 1.54) is 25.3 Å². The molecule has 0 bridgehead atoms. The maximum absolute atomic E-state index is 13.2. The van der Waals surface area contributed by atoms with Crippen LogP contribution in [0.1, 0.15) is 5.56 Å². The van der Waals surface area contributed by atoms with Gasteiger partial charge < -0.3 is 9.58 Å². The highest BCUT2D eigenvalue weighted by Crippen LogP contribution is 2.30. The molecule has 1 rings (SSSR count). The third-order valence-electron chi connectivity index (χ3n) is 1.77. The van der Waals surface area contributed by atoms with Gasteiger partial charge in [0.2, 0.25) is 0 Å². The quantitative estimate of drug-likeness (QED) is 0.679. The zero-order valence-corrected chi connectivity index (χ0v) is 7.63. The summed E-state index contributed by atoms with van der Waals surface area (Å²) in [5.74, 6) is -2.73. The van der Waals surface area contributed by atoms with Crippen molar-refractivity contribution in [2.75, 3.05) is 13.7 Å². The van der Waals surface area contributed by atoms with Gasteiger partial charge >= 0.3 is 5.92 Å². The molecule has 0 saturated carbocycles. The van der Waals surface area contributed by atoms with E-state index in [2.05, 4.69) is 4.85 Å². The first-order chi connectivity index (χ1) is 6.60. The van der Waals surface area contributed by atoms with Crippen molar-refractivity contribution in [2.45, 2.75) is 5.92 Å². The minimum Gasteiger partial charge on any atom is -0.497 e. The molecule has 0 N–H and O–H groups in total. The fourth-order valence-corrected chi connectivity index (χ4v) is 1.04. The molecule has 0 heterocycles. The number of hydrogen-bond acceptors (Lipinski definition) is 1. The number of ether oxygens (including phenoxy) is 1. The first-order valence-electron chi connectivity index (χ1n) is 3.96. The molecular weight excluding hydrogens is 188 g/mol. The molecule has 14 heavy (non-hydrogen) atoms. The van der Waals surface area contributed by atoms with E-state index >= 15 is 0 Å². The highest BCUT2D eigenvalue weighted by molar-refractivity contribution is 5.31. The summed E-state index contributed by atoms with van der Waals surface area (Å²) in [7, 11) is 1.41. The van der Waals surface area contributed by atoms with E-state index in [0.29, 0.717) is 5.75 Å². The third kappa shape index (κ3) is 2.19. The van der Waals surface area contributed by atoms with Crippen molar-refractivity contribution in [3.8, 4) is 5.75 Å². The molecule has 0 aliphatic rings. The van der Waals surface area contributed by atoms with Gasteiger partial charge in [-0.3, -0.25) is 0 Å². The normalized spacial score (nSPS) is 10.7. The van der Waals surface area contributed by atoms with Gasteiger partial charge in [0, 0.05) is 5.56 Å². The predicted molar refractivity (Wildman–Crippen MR) is 48.4 cm³/mol. The summed E-state index contributed by atoms with van der Waals surface area (Å²) in [5.41, 5.74) is -0.187. The molecular formula is C10H9F2NO. The van der Waals surface area contributed by atoms with Gasteiger partial charge in [0.05, 0.1) is 7.11 Å². The SMILES string of the molecule is [C-]#[N+]CC(F)(F)c1cccc(OC)c1. The minimum atomic E-state index is -3.10. The van der Waals surface area contributed by atoms with Crippen LogP contribution in [-0.2, 0) is 5.92 Å². The van der Waals surface area contributed by atoms with E-state index in [1.807, 2.05) is 0 Å². The molecule has 4 heteroatoms. The number of rotatable bonds is 3. The minimum absolute atomic E-state index is 0.187. The summed E-state index contributed by atoms with van der Waals surface area (Å²) < 4.78 is 31.2. The van der Waals surface area contributed by atoms with Gasteiger partial charge in [-0.15, -0.1) is 0 Å². The van der Waals surface area contributed by atoms with Gasteiger partial charge in [-0.25, -0.2) is 6.57 Å². The molecule has 0 aliphatic heterocycles. The van der Waals surface area contributed by atoms with Crippen LogP contribution < -0.4 is 4.74 Å². The maximum atomic E-state index is 13.2. The lowest BCUT2D eigenvalue weighted by Crippen LogP contribution is -2.16. The summed E-state index contributed by atoms with van der Waals surface area (Å²) >= 11 is 0. The molecule has 1 aromatic carbocycles.